The van der Waals surface area contributed by atoms with Gasteiger partial charge in [0.2, 0.25) is 0 Å². The van der Waals surface area contributed by atoms with Gasteiger partial charge in [-0.2, -0.15) is 0 Å². The van der Waals surface area contributed by atoms with Crippen LogP contribution >= 0.6 is 11.3 Å². The molecule has 0 spiro atoms. The Morgan fingerprint density at radius 3 is 2.30 bits per heavy atom. The van der Waals surface area contributed by atoms with E-state index < -0.39 is 5.97 Å². The monoisotopic (exact) mass is 526 g/mol. The van der Waals surface area contributed by atoms with E-state index in [0.29, 0.717) is 34.3 Å². The van der Waals surface area contributed by atoms with Crippen LogP contribution in [0.5, 0.6) is 11.5 Å². The zero-order valence-corrected chi connectivity index (χ0v) is 22.9. The van der Waals surface area contributed by atoms with Crippen LogP contribution < -0.4 is 9.47 Å². The molecule has 1 heterocycles. The summed E-state index contributed by atoms with van der Waals surface area (Å²) in [7, 11) is 4.69. The maximum atomic E-state index is 13.8. The highest BCUT2D eigenvalue weighted by atomic mass is 32.1. The Balaban J connectivity index is 1.90. The van der Waals surface area contributed by atoms with E-state index in [0.717, 1.165) is 23.3 Å². The number of nitrogens with zero attached hydrogens (tertiary/aromatic N) is 2. The minimum atomic E-state index is -0.451. The van der Waals surface area contributed by atoms with Crippen molar-refractivity contribution in [2.24, 2.45) is 0 Å². The fraction of sp³-hybridized carbons (Fsp3) is 0.393. The smallest absolute Gasteiger partial charge is 0.358 e. The second kappa shape index (κ2) is 13.8. The number of carbonyl (C=O) groups excluding carboxylic acids is 2. The molecule has 0 N–H and O–H groups in total. The lowest BCUT2D eigenvalue weighted by atomic mass is 10.1. The van der Waals surface area contributed by atoms with E-state index in [-0.39, 0.29) is 25.7 Å². The summed E-state index contributed by atoms with van der Waals surface area (Å²) >= 11 is 1.39. The van der Waals surface area contributed by atoms with Crippen molar-refractivity contribution in [1.29, 1.82) is 0 Å². The Morgan fingerprint density at radius 2 is 1.70 bits per heavy atom. The molecule has 8 nitrogen and oxygen atoms in total. The third-order valence-electron chi connectivity index (χ3n) is 5.80. The third kappa shape index (κ3) is 7.30. The number of aryl methyl sites for hydroxylation is 2. The van der Waals surface area contributed by atoms with E-state index in [4.69, 9.17) is 18.9 Å². The van der Waals surface area contributed by atoms with Crippen molar-refractivity contribution >= 4 is 23.2 Å². The molecule has 0 radical (unpaired) electrons. The maximum Gasteiger partial charge on any atom is 0.358 e. The van der Waals surface area contributed by atoms with Gasteiger partial charge in [-0.05, 0) is 44.4 Å². The predicted molar refractivity (Wildman–Crippen MR) is 143 cm³/mol. The predicted octanol–water partition coefficient (Wildman–Crippen LogP) is 5.07. The van der Waals surface area contributed by atoms with Crippen molar-refractivity contribution < 1.29 is 28.5 Å². The van der Waals surface area contributed by atoms with Crippen LogP contribution in [0.15, 0.2) is 42.5 Å². The fourth-order valence-electron chi connectivity index (χ4n) is 4.02. The molecule has 198 valence electrons. The van der Waals surface area contributed by atoms with E-state index in [2.05, 4.69) is 17.1 Å². The highest BCUT2D eigenvalue weighted by Gasteiger charge is 2.23. The van der Waals surface area contributed by atoms with Crippen LogP contribution in [0.2, 0.25) is 0 Å². The molecule has 2 aromatic carbocycles. The van der Waals surface area contributed by atoms with Crippen LogP contribution in [0.4, 0.5) is 0 Å². The van der Waals surface area contributed by atoms with Gasteiger partial charge in [-0.3, -0.25) is 4.79 Å². The number of benzene rings is 2. The molecule has 3 rings (SSSR count). The fourth-order valence-corrected chi connectivity index (χ4v) is 4.96. The molecule has 0 saturated heterocycles. The van der Waals surface area contributed by atoms with Crippen molar-refractivity contribution in [3.05, 3.63) is 74.7 Å². The molecule has 0 aliphatic carbocycles. The number of esters is 1. The number of amides is 1. The van der Waals surface area contributed by atoms with Crippen LogP contribution in [-0.2, 0) is 29.0 Å². The number of rotatable bonds is 13. The molecule has 0 atom stereocenters. The molecule has 0 bridgehead atoms. The SMILES string of the molecule is CCOC(=O)c1nc(CN(CCCc2ccccc2)C(=O)c2cc(OC)c(COC)c(OC)c2)sc1C. The van der Waals surface area contributed by atoms with Gasteiger partial charge in [0.15, 0.2) is 5.69 Å². The van der Waals surface area contributed by atoms with Crippen LogP contribution in [0.3, 0.4) is 0 Å². The first-order valence-corrected chi connectivity index (χ1v) is 12.9. The van der Waals surface area contributed by atoms with Crippen molar-refractivity contribution in [1.82, 2.24) is 9.88 Å². The highest BCUT2D eigenvalue weighted by Crippen LogP contribution is 2.32. The van der Waals surface area contributed by atoms with Crippen molar-refractivity contribution in [2.75, 3.05) is 34.5 Å². The minimum Gasteiger partial charge on any atom is -0.496 e. The Hall–Kier alpha value is -3.43. The van der Waals surface area contributed by atoms with E-state index in [9.17, 15) is 9.59 Å². The first-order valence-electron chi connectivity index (χ1n) is 12.1. The summed E-state index contributed by atoms with van der Waals surface area (Å²) in [5.74, 6) is 0.402. The van der Waals surface area contributed by atoms with Crippen LogP contribution in [0.1, 0.15) is 55.2 Å². The first-order chi connectivity index (χ1) is 17.9. The average Bonchev–Trinajstić information content (AvgIpc) is 3.28. The van der Waals surface area contributed by atoms with Gasteiger partial charge in [0.25, 0.3) is 5.91 Å². The second-order valence-electron chi connectivity index (χ2n) is 8.34. The average molecular weight is 527 g/mol. The Labute approximate surface area is 222 Å². The molecule has 0 saturated carbocycles. The van der Waals surface area contributed by atoms with Gasteiger partial charge in [0, 0.05) is 24.1 Å². The standard InChI is InChI=1S/C28H34N2O6S/c1-6-36-28(32)26-19(2)37-25(29-26)17-30(14-10-13-20-11-8-7-9-12-20)27(31)21-15-23(34-4)22(18-33-3)24(16-21)35-5/h7-9,11-12,15-16H,6,10,13-14,17-18H2,1-5H3. The molecule has 9 heteroatoms. The third-order valence-corrected chi connectivity index (χ3v) is 6.76. The van der Waals surface area contributed by atoms with Crippen LogP contribution in [0, 0.1) is 6.92 Å². The van der Waals surface area contributed by atoms with E-state index in [1.165, 1.54) is 16.9 Å². The number of ether oxygens (including phenoxy) is 4. The van der Waals surface area contributed by atoms with Gasteiger partial charge in [0.05, 0.1) is 39.5 Å². The van der Waals surface area contributed by atoms with E-state index in [1.54, 1.807) is 45.3 Å². The second-order valence-corrected chi connectivity index (χ2v) is 9.63. The lowest BCUT2D eigenvalue weighted by Crippen LogP contribution is -2.32. The van der Waals surface area contributed by atoms with E-state index in [1.807, 2.05) is 25.1 Å². The van der Waals surface area contributed by atoms with Gasteiger partial charge >= 0.3 is 5.97 Å². The van der Waals surface area contributed by atoms with Crippen LogP contribution in [-0.4, -0.2) is 56.2 Å². The lowest BCUT2D eigenvalue weighted by Gasteiger charge is -2.23. The normalized spacial score (nSPS) is 10.7. The lowest BCUT2D eigenvalue weighted by molar-refractivity contribution is 0.0519. The molecule has 1 aromatic heterocycles. The first kappa shape index (κ1) is 28.1. The molecule has 0 unspecified atom stereocenters. The molecular weight excluding hydrogens is 492 g/mol. The summed E-state index contributed by atoms with van der Waals surface area (Å²) in [6, 6.07) is 13.6. The number of aromatic nitrogens is 1. The van der Waals surface area contributed by atoms with Crippen LogP contribution in [0.25, 0.3) is 0 Å². The Kier molecular flexibility index (Phi) is 10.5. The maximum absolute atomic E-state index is 13.8. The number of hydrogen-bond donors (Lipinski definition) is 0. The molecule has 0 aliphatic heterocycles. The zero-order chi connectivity index (χ0) is 26.8. The Bertz CT molecular complexity index is 1170. The van der Waals surface area contributed by atoms with E-state index >= 15 is 0 Å². The highest BCUT2D eigenvalue weighted by molar-refractivity contribution is 7.11. The number of carbonyl (C=O) groups is 2. The topological polar surface area (TPSA) is 87.2 Å². The molecule has 1 amide bonds. The quantitative estimate of drug-likeness (QED) is 0.288. The van der Waals surface area contributed by atoms with Crippen molar-refractivity contribution in [3.8, 4) is 11.5 Å². The minimum absolute atomic E-state index is 0.181. The van der Waals surface area contributed by atoms with Crippen molar-refractivity contribution in [2.45, 2.75) is 39.8 Å². The van der Waals surface area contributed by atoms with Gasteiger partial charge in [-0.25, -0.2) is 9.78 Å². The van der Waals surface area contributed by atoms with Gasteiger partial charge in [-0.1, -0.05) is 30.3 Å². The van der Waals surface area contributed by atoms with Crippen molar-refractivity contribution in [3.63, 3.8) is 0 Å². The summed E-state index contributed by atoms with van der Waals surface area (Å²) in [6.45, 7) is 4.93. The summed E-state index contributed by atoms with van der Waals surface area (Å²) in [5, 5.41) is 0.670. The van der Waals surface area contributed by atoms with Gasteiger partial charge in [-0.15, -0.1) is 11.3 Å². The molecule has 0 aliphatic rings. The van der Waals surface area contributed by atoms with Gasteiger partial charge in [0.1, 0.15) is 16.5 Å². The largest absolute Gasteiger partial charge is 0.496 e. The van der Waals surface area contributed by atoms with Gasteiger partial charge < -0.3 is 23.8 Å². The summed E-state index contributed by atoms with van der Waals surface area (Å²) in [6.07, 6.45) is 1.59. The number of hydrogen-bond acceptors (Lipinski definition) is 8. The Morgan fingerprint density at radius 1 is 1.03 bits per heavy atom. The summed E-state index contributed by atoms with van der Waals surface area (Å²) < 4.78 is 21.5. The molecular formula is C28H34N2O6S. The summed E-state index contributed by atoms with van der Waals surface area (Å²) in [4.78, 5) is 33.1. The molecule has 3 aromatic rings. The summed E-state index contributed by atoms with van der Waals surface area (Å²) in [5.41, 5.74) is 2.67. The number of thiazole rings is 1. The zero-order valence-electron chi connectivity index (χ0n) is 22.0. The number of methoxy groups -OCH3 is 3. The molecule has 0 fully saturated rings. The molecule has 37 heavy (non-hydrogen) atoms.